The van der Waals surface area contributed by atoms with Crippen molar-refractivity contribution >= 4 is 0 Å². The van der Waals surface area contributed by atoms with Crippen molar-refractivity contribution in [1.82, 2.24) is 0 Å². The fourth-order valence-corrected chi connectivity index (χ4v) is 0.855. The summed E-state index contributed by atoms with van der Waals surface area (Å²) in [5.74, 6) is 0. The predicted octanol–water partition coefficient (Wildman–Crippen LogP) is 1.96. The van der Waals surface area contributed by atoms with E-state index in [4.69, 9.17) is 9.47 Å². The Bertz CT molecular complexity index is 138. The minimum absolute atomic E-state index is 0.103. The van der Waals surface area contributed by atoms with E-state index < -0.39 is 0 Å². The highest BCUT2D eigenvalue weighted by molar-refractivity contribution is 4.94. The molecule has 0 unspecified atom stereocenters. The van der Waals surface area contributed by atoms with Crippen LogP contribution in [0.5, 0.6) is 0 Å². The molecule has 0 aromatic rings. The smallest absolute Gasteiger partial charge is 0.177 e. The van der Waals surface area contributed by atoms with E-state index in [1.807, 2.05) is 6.08 Å². The van der Waals surface area contributed by atoms with Crippen LogP contribution in [0.3, 0.4) is 0 Å². The average Bonchev–Trinajstić information content (AvgIpc) is 2.32. The molecule has 0 N–H and O–H groups in total. The second-order valence-electron chi connectivity index (χ2n) is 3.84. The molecule has 0 bridgehead atoms. The van der Waals surface area contributed by atoms with Gasteiger partial charge in [-0.05, 0) is 11.5 Å². The molecule has 0 atom stereocenters. The summed E-state index contributed by atoms with van der Waals surface area (Å²) in [6.07, 6.45) is 3.99. The lowest BCUT2D eigenvalue weighted by atomic mass is 9.96. The van der Waals surface area contributed by atoms with Gasteiger partial charge < -0.3 is 9.47 Å². The van der Waals surface area contributed by atoms with Crippen molar-refractivity contribution < 1.29 is 9.47 Å². The molecule has 0 amide bonds. The van der Waals surface area contributed by atoms with Gasteiger partial charge in [0.05, 0.1) is 13.2 Å². The molecule has 1 heterocycles. The van der Waals surface area contributed by atoms with Crippen molar-refractivity contribution in [3.63, 3.8) is 0 Å². The van der Waals surface area contributed by atoms with Gasteiger partial charge in [0.15, 0.2) is 6.29 Å². The molecule has 0 aliphatic carbocycles. The summed E-state index contributed by atoms with van der Waals surface area (Å²) in [6.45, 7) is 7.90. The molecule has 0 aromatic carbocycles. The summed E-state index contributed by atoms with van der Waals surface area (Å²) < 4.78 is 10.5. The fourth-order valence-electron chi connectivity index (χ4n) is 0.855. The second kappa shape index (κ2) is 3.37. The van der Waals surface area contributed by atoms with Gasteiger partial charge in [-0.2, -0.15) is 0 Å². The summed E-state index contributed by atoms with van der Waals surface area (Å²) in [4.78, 5) is 0. The molecule has 1 fully saturated rings. The van der Waals surface area contributed by atoms with E-state index in [9.17, 15) is 0 Å². The van der Waals surface area contributed by atoms with Gasteiger partial charge in [0.1, 0.15) is 0 Å². The molecule has 0 aromatic heterocycles. The standard InChI is InChI=1S/C9H16O2/c1-9(2,3)5-4-8-10-6-7-11-8/h4-5,8H,6-7H2,1-3H3/b5-4+. The molecule has 2 nitrogen and oxygen atoms in total. The van der Waals surface area contributed by atoms with Crippen LogP contribution in [0.25, 0.3) is 0 Å². The summed E-state index contributed by atoms with van der Waals surface area (Å²) >= 11 is 0. The first-order valence-corrected chi connectivity index (χ1v) is 4.00. The Balaban J connectivity index is 2.34. The molecule has 11 heavy (non-hydrogen) atoms. The van der Waals surface area contributed by atoms with Crippen LogP contribution in [0.1, 0.15) is 20.8 Å². The third kappa shape index (κ3) is 3.54. The number of ether oxygens (including phenoxy) is 2. The van der Waals surface area contributed by atoms with Crippen LogP contribution in [-0.2, 0) is 9.47 Å². The molecule has 1 aliphatic rings. The molecular weight excluding hydrogens is 140 g/mol. The van der Waals surface area contributed by atoms with Gasteiger partial charge >= 0.3 is 0 Å². The Hall–Kier alpha value is -0.340. The highest BCUT2D eigenvalue weighted by atomic mass is 16.7. The average molecular weight is 156 g/mol. The number of rotatable bonds is 1. The maximum Gasteiger partial charge on any atom is 0.177 e. The summed E-state index contributed by atoms with van der Waals surface area (Å²) in [7, 11) is 0. The third-order valence-electron chi connectivity index (χ3n) is 1.40. The van der Waals surface area contributed by atoms with Crippen LogP contribution in [-0.4, -0.2) is 19.5 Å². The first kappa shape index (κ1) is 8.75. The van der Waals surface area contributed by atoms with Crippen LogP contribution in [0.15, 0.2) is 12.2 Å². The third-order valence-corrected chi connectivity index (χ3v) is 1.40. The first-order chi connectivity index (χ1) is 5.08. The van der Waals surface area contributed by atoms with E-state index in [1.165, 1.54) is 0 Å². The molecular formula is C9H16O2. The minimum atomic E-state index is -0.103. The molecule has 0 radical (unpaired) electrons. The van der Waals surface area contributed by atoms with E-state index in [-0.39, 0.29) is 11.7 Å². The highest BCUT2D eigenvalue weighted by Crippen LogP contribution is 2.16. The summed E-state index contributed by atoms with van der Waals surface area (Å²) in [5.41, 5.74) is 0.218. The van der Waals surface area contributed by atoms with Gasteiger partial charge in [-0.25, -0.2) is 0 Å². The quantitative estimate of drug-likeness (QED) is 0.540. The number of allylic oxidation sites excluding steroid dienone is 1. The number of hydrogen-bond donors (Lipinski definition) is 0. The maximum atomic E-state index is 5.24. The van der Waals surface area contributed by atoms with Gasteiger partial charge in [-0.15, -0.1) is 0 Å². The highest BCUT2D eigenvalue weighted by Gasteiger charge is 2.13. The number of hydrogen-bond acceptors (Lipinski definition) is 2. The minimum Gasteiger partial charge on any atom is -0.347 e. The van der Waals surface area contributed by atoms with Crippen molar-refractivity contribution in [2.75, 3.05) is 13.2 Å². The van der Waals surface area contributed by atoms with Crippen molar-refractivity contribution in [2.45, 2.75) is 27.1 Å². The van der Waals surface area contributed by atoms with Gasteiger partial charge in [0, 0.05) is 0 Å². The van der Waals surface area contributed by atoms with E-state index in [1.54, 1.807) is 0 Å². The predicted molar refractivity (Wildman–Crippen MR) is 44.3 cm³/mol. The largest absolute Gasteiger partial charge is 0.347 e. The molecule has 0 saturated carbocycles. The fraction of sp³-hybridized carbons (Fsp3) is 0.778. The molecule has 1 rings (SSSR count). The molecule has 1 aliphatic heterocycles. The Morgan fingerprint density at radius 3 is 2.18 bits per heavy atom. The van der Waals surface area contributed by atoms with Crippen LogP contribution in [0.2, 0.25) is 0 Å². The van der Waals surface area contributed by atoms with Crippen LogP contribution in [0, 0.1) is 5.41 Å². The van der Waals surface area contributed by atoms with Crippen molar-refractivity contribution in [2.24, 2.45) is 5.41 Å². The SMILES string of the molecule is CC(C)(C)/C=C/C1OCCO1. The van der Waals surface area contributed by atoms with Crippen LogP contribution >= 0.6 is 0 Å². The lowest BCUT2D eigenvalue weighted by Gasteiger charge is -2.12. The zero-order chi connectivity index (χ0) is 8.32. The second-order valence-corrected chi connectivity index (χ2v) is 3.84. The summed E-state index contributed by atoms with van der Waals surface area (Å²) in [5, 5.41) is 0. The van der Waals surface area contributed by atoms with E-state index >= 15 is 0 Å². The van der Waals surface area contributed by atoms with Gasteiger partial charge in [0.25, 0.3) is 0 Å². The van der Waals surface area contributed by atoms with Gasteiger partial charge in [0.2, 0.25) is 0 Å². The van der Waals surface area contributed by atoms with E-state index in [0.29, 0.717) is 0 Å². The van der Waals surface area contributed by atoms with Gasteiger partial charge in [-0.3, -0.25) is 0 Å². The zero-order valence-electron chi connectivity index (χ0n) is 7.46. The van der Waals surface area contributed by atoms with E-state index in [0.717, 1.165) is 13.2 Å². The van der Waals surface area contributed by atoms with Crippen molar-refractivity contribution in [3.8, 4) is 0 Å². The normalized spacial score (nSPS) is 21.7. The monoisotopic (exact) mass is 156 g/mol. The van der Waals surface area contributed by atoms with E-state index in [2.05, 4.69) is 26.8 Å². The molecule has 64 valence electrons. The Morgan fingerprint density at radius 1 is 1.18 bits per heavy atom. The Labute approximate surface area is 68.2 Å². The summed E-state index contributed by atoms with van der Waals surface area (Å²) in [6, 6.07) is 0. The van der Waals surface area contributed by atoms with Gasteiger partial charge in [-0.1, -0.05) is 26.8 Å². The topological polar surface area (TPSA) is 18.5 Å². The maximum absolute atomic E-state index is 5.24. The zero-order valence-corrected chi connectivity index (χ0v) is 7.46. The molecule has 2 heteroatoms. The lowest BCUT2D eigenvalue weighted by Crippen LogP contribution is -2.06. The Morgan fingerprint density at radius 2 is 1.73 bits per heavy atom. The Kier molecular flexibility index (Phi) is 2.68. The van der Waals surface area contributed by atoms with Crippen LogP contribution in [0.4, 0.5) is 0 Å². The van der Waals surface area contributed by atoms with Crippen molar-refractivity contribution in [1.29, 1.82) is 0 Å². The van der Waals surface area contributed by atoms with Crippen LogP contribution < -0.4 is 0 Å². The van der Waals surface area contributed by atoms with Crippen molar-refractivity contribution in [3.05, 3.63) is 12.2 Å². The molecule has 1 saturated heterocycles. The lowest BCUT2D eigenvalue weighted by molar-refractivity contribution is -0.00215. The first-order valence-electron chi connectivity index (χ1n) is 4.00. The molecule has 0 spiro atoms.